The van der Waals surface area contributed by atoms with E-state index in [4.69, 9.17) is 21.8 Å². The molecule has 0 aliphatic carbocycles. The summed E-state index contributed by atoms with van der Waals surface area (Å²) < 4.78 is 5.02. The number of primary amides is 1. The molecule has 1 aromatic heterocycles. The van der Waals surface area contributed by atoms with Crippen LogP contribution in [0, 0.1) is 5.92 Å². The molecule has 1 heterocycles. The van der Waals surface area contributed by atoms with Crippen LogP contribution in [0.15, 0.2) is 41.0 Å². The van der Waals surface area contributed by atoms with Gasteiger partial charge in [-0.1, -0.05) is 25.4 Å². The number of rotatable bonds is 6. The van der Waals surface area contributed by atoms with E-state index in [1.165, 1.54) is 24.5 Å². The van der Waals surface area contributed by atoms with Crippen molar-refractivity contribution in [2.24, 2.45) is 11.7 Å². The number of nitrogens with one attached hydrogen (secondary N) is 2. The van der Waals surface area contributed by atoms with Gasteiger partial charge in [-0.05, 0) is 36.2 Å². The lowest BCUT2D eigenvalue weighted by atomic mass is 10.0. The third-order valence-electron chi connectivity index (χ3n) is 3.48. The smallest absolute Gasteiger partial charge is 0.287 e. The fourth-order valence-electron chi connectivity index (χ4n) is 2.17. The van der Waals surface area contributed by atoms with Crippen molar-refractivity contribution < 1.29 is 18.8 Å². The first-order valence-corrected chi connectivity index (χ1v) is 7.92. The van der Waals surface area contributed by atoms with Crippen molar-refractivity contribution in [3.8, 4) is 0 Å². The quantitative estimate of drug-likeness (QED) is 0.731. The van der Waals surface area contributed by atoms with Gasteiger partial charge in [0.05, 0.1) is 16.8 Å². The Kier molecular flexibility index (Phi) is 5.82. The van der Waals surface area contributed by atoms with E-state index >= 15 is 0 Å². The van der Waals surface area contributed by atoms with E-state index < -0.39 is 23.8 Å². The van der Waals surface area contributed by atoms with Gasteiger partial charge >= 0.3 is 0 Å². The van der Waals surface area contributed by atoms with Crippen LogP contribution in [0.1, 0.15) is 34.8 Å². The van der Waals surface area contributed by atoms with Gasteiger partial charge < -0.3 is 20.8 Å². The maximum Gasteiger partial charge on any atom is 0.287 e. The third kappa shape index (κ3) is 4.60. The molecular formula is C17H18ClN3O4. The van der Waals surface area contributed by atoms with Gasteiger partial charge in [0.1, 0.15) is 6.04 Å². The van der Waals surface area contributed by atoms with Crippen molar-refractivity contribution in [1.82, 2.24) is 5.32 Å². The number of carbonyl (C=O) groups is 3. The number of anilines is 1. The largest absolute Gasteiger partial charge is 0.459 e. The van der Waals surface area contributed by atoms with Crippen LogP contribution in [0.2, 0.25) is 5.02 Å². The number of hydrogen-bond donors (Lipinski definition) is 3. The first-order chi connectivity index (χ1) is 11.8. The average molecular weight is 364 g/mol. The van der Waals surface area contributed by atoms with Gasteiger partial charge in [0.2, 0.25) is 11.8 Å². The lowest BCUT2D eigenvalue weighted by Gasteiger charge is -2.21. The molecule has 0 aliphatic heterocycles. The van der Waals surface area contributed by atoms with E-state index in [-0.39, 0.29) is 22.3 Å². The van der Waals surface area contributed by atoms with Gasteiger partial charge in [0.25, 0.3) is 5.91 Å². The van der Waals surface area contributed by atoms with Crippen LogP contribution in [0.3, 0.4) is 0 Å². The van der Waals surface area contributed by atoms with E-state index in [0.717, 1.165) is 0 Å². The fourth-order valence-corrected chi connectivity index (χ4v) is 2.38. The Morgan fingerprint density at radius 3 is 2.48 bits per heavy atom. The minimum absolute atomic E-state index is 0.0974. The van der Waals surface area contributed by atoms with E-state index in [0.29, 0.717) is 5.69 Å². The molecule has 2 aromatic rings. The van der Waals surface area contributed by atoms with Gasteiger partial charge in [-0.25, -0.2) is 0 Å². The Morgan fingerprint density at radius 2 is 1.92 bits per heavy atom. The van der Waals surface area contributed by atoms with Crippen LogP contribution in [-0.4, -0.2) is 23.8 Å². The Bertz CT molecular complexity index is 787. The molecule has 0 fully saturated rings. The highest BCUT2D eigenvalue weighted by atomic mass is 35.5. The van der Waals surface area contributed by atoms with Crippen molar-refractivity contribution in [2.45, 2.75) is 19.9 Å². The number of hydrogen-bond acceptors (Lipinski definition) is 4. The Morgan fingerprint density at radius 1 is 1.20 bits per heavy atom. The van der Waals surface area contributed by atoms with Crippen LogP contribution >= 0.6 is 11.6 Å². The zero-order valence-electron chi connectivity index (χ0n) is 13.7. The van der Waals surface area contributed by atoms with Crippen LogP contribution in [0.4, 0.5) is 5.69 Å². The maximum atomic E-state index is 12.5. The number of carbonyl (C=O) groups excluding carboxylic acids is 3. The first-order valence-electron chi connectivity index (χ1n) is 7.54. The molecule has 0 spiro atoms. The molecule has 0 aliphatic rings. The minimum atomic E-state index is -0.801. The molecule has 132 valence electrons. The summed E-state index contributed by atoms with van der Waals surface area (Å²) in [5, 5.41) is 5.46. The predicted octanol–water partition coefficient (Wildman–Crippen LogP) is 2.42. The highest BCUT2D eigenvalue weighted by molar-refractivity contribution is 6.34. The second-order valence-corrected chi connectivity index (χ2v) is 6.13. The molecule has 7 nitrogen and oxygen atoms in total. The number of amides is 3. The molecule has 0 saturated heterocycles. The van der Waals surface area contributed by atoms with E-state index in [1.807, 2.05) is 0 Å². The Balaban J connectivity index is 2.14. The zero-order valence-corrected chi connectivity index (χ0v) is 14.5. The molecule has 3 amide bonds. The molecule has 0 radical (unpaired) electrons. The SMILES string of the molecule is CC(C)C(NC(=O)c1ccco1)C(=O)Nc1ccc(Cl)c(C(N)=O)c1. The summed E-state index contributed by atoms with van der Waals surface area (Å²) >= 11 is 5.89. The number of furan rings is 1. The lowest BCUT2D eigenvalue weighted by molar-refractivity contribution is -0.118. The Labute approximate surface area is 149 Å². The maximum absolute atomic E-state index is 12.5. The summed E-state index contributed by atoms with van der Waals surface area (Å²) in [6, 6.07) is 6.67. The third-order valence-corrected chi connectivity index (χ3v) is 3.81. The second-order valence-electron chi connectivity index (χ2n) is 5.72. The minimum Gasteiger partial charge on any atom is -0.459 e. The molecular weight excluding hydrogens is 346 g/mol. The molecule has 2 rings (SSSR count). The summed E-state index contributed by atoms with van der Waals surface area (Å²) in [4.78, 5) is 36.0. The predicted molar refractivity (Wildman–Crippen MR) is 93.4 cm³/mol. The monoisotopic (exact) mass is 363 g/mol. The van der Waals surface area contributed by atoms with Crippen molar-refractivity contribution >= 4 is 35.0 Å². The van der Waals surface area contributed by atoms with Gasteiger partial charge in [-0.3, -0.25) is 14.4 Å². The normalized spacial score (nSPS) is 11.8. The molecule has 0 saturated carbocycles. The number of halogens is 1. The highest BCUT2D eigenvalue weighted by Gasteiger charge is 2.26. The summed E-state index contributed by atoms with van der Waals surface area (Å²) in [5.41, 5.74) is 5.68. The molecule has 0 bridgehead atoms. The van der Waals surface area contributed by atoms with Gasteiger partial charge in [0, 0.05) is 5.69 Å². The van der Waals surface area contributed by atoms with E-state index in [2.05, 4.69) is 10.6 Å². The van der Waals surface area contributed by atoms with Gasteiger partial charge in [0.15, 0.2) is 5.76 Å². The van der Waals surface area contributed by atoms with Crippen LogP contribution < -0.4 is 16.4 Å². The van der Waals surface area contributed by atoms with E-state index in [9.17, 15) is 14.4 Å². The zero-order chi connectivity index (χ0) is 18.6. The molecule has 1 unspecified atom stereocenters. The summed E-state index contributed by atoms with van der Waals surface area (Å²) in [5.74, 6) is -1.70. The average Bonchev–Trinajstić information content (AvgIpc) is 3.08. The number of nitrogens with two attached hydrogens (primary N) is 1. The molecule has 8 heteroatoms. The topological polar surface area (TPSA) is 114 Å². The molecule has 25 heavy (non-hydrogen) atoms. The highest BCUT2D eigenvalue weighted by Crippen LogP contribution is 2.20. The van der Waals surface area contributed by atoms with Crippen molar-refractivity contribution in [2.75, 3.05) is 5.32 Å². The first kappa shape index (κ1) is 18.5. The summed E-state index contributed by atoms with van der Waals surface area (Å²) in [6.45, 7) is 3.59. The van der Waals surface area contributed by atoms with Crippen LogP contribution in [-0.2, 0) is 4.79 Å². The second kappa shape index (κ2) is 7.85. The van der Waals surface area contributed by atoms with E-state index in [1.54, 1.807) is 26.0 Å². The number of benzene rings is 1. The summed E-state index contributed by atoms with van der Waals surface area (Å²) in [6.07, 6.45) is 1.37. The van der Waals surface area contributed by atoms with Crippen molar-refractivity contribution in [1.29, 1.82) is 0 Å². The lowest BCUT2D eigenvalue weighted by Crippen LogP contribution is -2.47. The molecule has 1 aromatic carbocycles. The van der Waals surface area contributed by atoms with Gasteiger partial charge in [-0.2, -0.15) is 0 Å². The van der Waals surface area contributed by atoms with Crippen LogP contribution in [0.5, 0.6) is 0 Å². The Hall–Kier alpha value is -2.80. The fraction of sp³-hybridized carbons (Fsp3) is 0.235. The summed E-state index contributed by atoms with van der Waals surface area (Å²) in [7, 11) is 0. The van der Waals surface area contributed by atoms with Gasteiger partial charge in [-0.15, -0.1) is 0 Å². The van der Waals surface area contributed by atoms with Crippen molar-refractivity contribution in [3.05, 3.63) is 52.9 Å². The molecule has 4 N–H and O–H groups in total. The van der Waals surface area contributed by atoms with Crippen LogP contribution in [0.25, 0.3) is 0 Å². The molecule has 1 atom stereocenters. The standard InChI is InChI=1S/C17H18ClN3O4/c1-9(2)14(21-16(23)13-4-3-7-25-13)17(24)20-10-5-6-12(18)11(8-10)15(19)22/h3-9,14H,1-2H3,(H2,19,22)(H,20,24)(H,21,23). The van der Waals surface area contributed by atoms with Crippen molar-refractivity contribution in [3.63, 3.8) is 0 Å².